The number of anilines is 1. The Morgan fingerprint density at radius 2 is 1.76 bits per heavy atom. The zero-order chi connectivity index (χ0) is 22.7. The summed E-state index contributed by atoms with van der Waals surface area (Å²) in [6, 6.07) is 9.39. The third-order valence-electron chi connectivity index (χ3n) is 6.13. The number of fused-ring (bicyclic) bond motifs is 2. The molecule has 0 aliphatic heterocycles. The summed E-state index contributed by atoms with van der Waals surface area (Å²) in [7, 11) is 0. The van der Waals surface area contributed by atoms with Gasteiger partial charge >= 0.3 is 0 Å². The van der Waals surface area contributed by atoms with E-state index in [0.29, 0.717) is 62.5 Å². The second-order valence-electron chi connectivity index (χ2n) is 8.39. The molecule has 6 rings (SSSR count). The molecule has 5 nitrogen and oxygen atoms in total. The smallest absolute Gasteiger partial charge is 0.159 e. The van der Waals surface area contributed by atoms with Gasteiger partial charge in [0, 0.05) is 47.1 Å². The van der Waals surface area contributed by atoms with Gasteiger partial charge in [0.2, 0.25) is 0 Å². The molecule has 0 unspecified atom stereocenters. The molecular formula is C26H22F3N5. The van der Waals surface area contributed by atoms with Gasteiger partial charge in [-0.2, -0.15) is 0 Å². The van der Waals surface area contributed by atoms with E-state index in [9.17, 15) is 8.78 Å². The first-order valence-corrected chi connectivity index (χ1v) is 10.6. The van der Waals surface area contributed by atoms with Crippen LogP contribution in [0.2, 0.25) is 0 Å². The molecule has 0 saturated heterocycles. The number of hydrogen-bond donors (Lipinski definition) is 1. The molecule has 0 atom stereocenters. The van der Waals surface area contributed by atoms with Gasteiger partial charge in [-0.25, -0.2) is 23.1 Å². The van der Waals surface area contributed by atoms with E-state index in [1.807, 2.05) is 12.3 Å². The highest BCUT2D eigenvalue weighted by Gasteiger charge is 2.28. The van der Waals surface area contributed by atoms with Gasteiger partial charge < -0.3 is 10.3 Å². The molecule has 0 spiro atoms. The van der Waals surface area contributed by atoms with Gasteiger partial charge in [0.15, 0.2) is 11.6 Å². The van der Waals surface area contributed by atoms with Crippen LogP contribution in [0.15, 0.2) is 55.1 Å². The average Bonchev–Trinajstić information content (AvgIpc) is 3.57. The second kappa shape index (κ2) is 8.13. The molecule has 1 fully saturated rings. The maximum atomic E-state index is 15.7. The van der Waals surface area contributed by atoms with E-state index in [1.165, 1.54) is 18.6 Å². The first-order chi connectivity index (χ1) is 16.0. The number of nitrogens with two attached hydrogens (primary N) is 1. The van der Waals surface area contributed by atoms with Crippen molar-refractivity contribution in [1.82, 2.24) is 19.5 Å². The molecule has 172 valence electrons. The van der Waals surface area contributed by atoms with Gasteiger partial charge in [0.1, 0.15) is 23.6 Å². The Morgan fingerprint density at radius 1 is 0.941 bits per heavy atom. The number of benzene rings is 2. The predicted octanol–water partition coefficient (Wildman–Crippen LogP) is 6.21. The van der Waals surface area contributed by atoms with Gasteiger partial charge in [-0.15, -0.1) is 0 Å². The Kier molecular flexibility index (Phi) is 5.23. The first kappa shape index (κ1) is 21.9. The van der Waals surface area contributed by atoms with Crippen LogP contribution >= 0.6 is 0 Å². The molecule has 3 heterocycles. The molecular weight excluding hydrogens is 439 g/mol. The third kappa shape index (κ3) is 3.55. The van der Waals surface area contributed by atoms with Gasteiger partial charge in [-0.1, -0.05) is 25.6 Å². The van der Waals surface area contributed by atoms with E-state index in [1.54, 1.807) is 12.1 Å². The van der Waals surface area contributed by atoms with Crippen LogP contribution in [0.25, 0.3) is 32.9 Å². The van der Waals surface area contributed by atoms with Crippen LogP contribution in [0.1, 0.15) is 37.6 Å². The van der Waals surface area contributed by atoms with Crippen molar-refractivity contribution in [1.29, 1.82) is 0 Å². The highest BCUT2D eigenvalue weighted by Crippen LogP contribution is 2.43. The number of pyridine rings is 1. The van der Waals surface area contributed by atoms with Crippen molar-refractivity contribution in [3.63, 3.8) is 0 Å². The molecule has 0 radical (unpaired) electrons. The zero-order valence-electron chi connectivity index (χ0n) is 17.4. The molecule has 5 aromatic rings. The van der Waals surface area contributed by atoms with Crippen LogP contribution in [0.3, 0.4) is 0 Å². The third-order valence-corrected chi connectivity index (χ3v) is 6.13. The SMILES string of the molecule is C.Nc1ncnc2c1c(-c1ccc3cc(Cc4ccc(F)c(F)c4)ncc3c1F)cn2C1CC1. The molecule has 1 saturated carbocycles. The summed E-state index contributed by atoms with van der Waals surface area (Å²) in [4.78, 5) is 12.9. The van der Waals surface area contributed by atoms with E-state index in [2.05, 4.69) is 19.5 Å². The van der Waals surface area contributed by atoms with Crippen molar-refractivity contribution in [3.8, 4) is 11.1 Å². The summed E-state index contributed by atoms with van der Waals surface area (Å²) >= 11 is 0. The standard InChI is InChI=1S/C25H18F3N5.CH4/c26-20-6-1-13(8-21(20)27)7-15-9-14-2-5-17(23(28)18(14)10-30-15)19-11-33(16-3-4-16)25-22(19)24(29)31-12-32-25;/h1-2,5-6,8-12,16H,3-4,7H2,(H2,29,31,32);1H4. The molecule has 1 aliphatic rings. The molecule has 2 aromatic carbocycles. The Bertz CT molecular complexity index is 1560. The molecule has 2 N–H and O–H groups in total. The van der Waals surface area contributed by atoms with Gasteiger partial charge in [-0.3, -0.25) is 4.98 Å². The van der Waals surface area contributed by atoms with Crippen LogP contribution in [0.5, 0.6) is 0 Å². The van der Waals surface area contributed by atoms with Crippen molar-refractivity contribution in [3.05, 3.63) is 83.8 Å². The highest BCUT2D eigenvalue weighted by molar-refractivity contribution is 6.02. The Balaban J connectivity index is 0.00000241. The van der Waals surface area contributed by atoms with Crippen molar-refractivity contribution in [2.24, 2.45) is 0 Å². The van der Waals surface area contributed by atoms with Gasteiger partial charge in [0.25, 0.3) is 0 Å². The molecule has 1 aliphatic carbocycles. The minimum Gasteiger partial charge on any atom is -0.383 e. The van der Waals surface area contributed by atoms with Gasteiger partial charge in [-0.05, 0) is 42.0 Å². The van der Waals surface area contributed by atoms with Crippen LogP contribution in [0, 0.1) is 17.5 Å². The molecule has 34 heavy (non-hydrogen) atoms. The Hall–Kier alpha value is -3.94. The average molecular weight is 461 g/mol. The minimum atomic E-state index is -0.905. The maximum Gasteiger partial charge on any atom is 0.159 e. The maximum absolute atomic E-state index is 15.7. The number of aromatic nitrogens is 4. The highest BCUT2D eigenvalue weighted by atomic mass is 19.2. The van der Waals surface area contributed by atoms with Gasteiger partial charge in [0.05, 0.1) is 5.39 Å². The van der Waals surface area contributed by atoms with Crippen LogP contribution in [-0.2, 0) is 6.42 Å². The van der Waals surface area contributed by atoms with E-state index in [0.717, 1.165) is 25.0 Å². The fourth-order valence-corrected chi connectivity index (χ4v) is 4.34. The summed E-state index contributed by atoms with van der Waals surface area (Å²) < 4.78 is 44.4. The molecule has 8 heteroatoms. The number of rotatable bonds is 4. The van der Waals surface area contributed by atoms with Crippen LogP contribution in [-0.4, -0.2) is 19.5 Å². The van der Waals surface area contributed by atoms with Crippen molar-refractivity contribution >= 4 is 27.6 Å². The monoisotopic (exact) mass is 461 g/mol. The number of hydrogen-bond acceptors (Lipinski definition) is 4. The fourth-order valence-electron chi connectivity index (χ4n) is 4.34. The Labute approximate surface area is 194 Å². The lowest BCUT2D eigenvalue weighted by molar-refractivity contribution is 0.507. The lowest BCUT2D eigenvalue weighted by Gasteiger charge is -2.08. The van der Waals surface area contributed by atoms with Crippen LogP contribution in [0.4, 0.5) is 19.0 Å². The van der Waals surface area contributed by atoms with E-state index in [-0.39, 0.29) is 7.43 Å². The van der Waals surface area contributed by atoms with Crippen molar-refractivity contribution in [2.45, 2.75) is 32.7 Å². The zero-order valence-corrected chi connectivity index (χ0v) is 17.4. The lowest BCUT2D eigenvalue weighted by atomic mass is 10.00. The summed E-state index contributed by atoms with van der Waals surface area (Å²) in [5, 5.41) is 1.67. The topological polar surface area (TPSA) is 69.6 Å². The van der Waals surface area contributed by atoms with E-state index < -0.39 is 17.5 Å². The first-order valence-electron chi connectivity index (χ1n) is 10.6. The second-order valence-corrected chi connectivity index (χ2v) is 8.39. The predicted molar refractivity (Wildman–Crippen MR) is 127 cm³/mol. The molecule has 0 amide bonds. The van der Waals surface area contributed by atoms with Crippen molar-refractivity contribution in [2.75, 3.05) is 5.73 Å². The molecule has 0 bridgehead atoms. The largest absolute Gasteiger partial charge is 0.383 e. The van der Waals surface area contributed by atoms with E-state index >= 15 is 4.39 Å². The summed E-state index contributed by atoms with van der Waals surface area (Å²) in [5.74, 6) is -1.89. The van der Waals surface area contributed by atoms with E-state index in [4.69, 9.17) is 5.73 Å². The number of halogens is 3. The Morgan fingerprint density at radius 3 is 2.53 bits per heavy atom. The minimum absolute atomic E-state index is 0. The number of nitrogens with zero attached hydrogens (tertiary/aromatic N) is 4. The lowest BCUT2D eigenvalue weighted by Crippen LogP contribution is -1.97. The summed E-state index contributed by atoms with van der Waals surface area (Å²) in [6.45, 7) is 0. The summed E-state index contributed by atoms with van der Waals surface area (Å²) in [5.41, 5.74) is 9.13. The quantitative estimate of drug-likeness (QED) is 0.346. The fraction of sp³-hybridized carbons (Fsp3) is 0.192. The molecule has 3 aromatic heterocycles. The van der Waals surface area contributed by atoms with Crippen molar-refractivity contribution < 1.29 is 13.2 Å². The number of nitrogen functional groups attached to an aromatic ring is 1. The normalized spacial score (nSPS) is 13.4. The summed E-state index contributed by atoms with van der Waals surface area (Å²) in [6.07, 6.45) is 7.22. The van der Waals surface area contributed by atoms with Crippen LogP contribution < -0.4 is 5.73 Å².